The lowest BCUT2D eigenvalue weighted by Gasteiger charge is -2.34. The molecule has 1 aliphatic heterocycles. The summed E-state index contributed by atoms with van der Waals surface area (Å²) in [6.45, 7) is 4.98. The lowest BCUT2D eigenvalue weighted by Crippen LogP contribution is -2.50. The van der Waals surface area contributed by atoms with Gasteiger partial charge in [0.25, 0.3) is 5.91 Å². The van der Waals surface area contributed by atoms with Crippen LogP contribution in [0.2, 0.25) is 0 Å². The van der Waals surface area contributed by atoms with E-state index in [4.69, 9.17) is 4.74 Å². The van der Waals surface area contributed by atoms with E-state index in [0.29, 0.717) is 24.4 Å². The highest BCUT2D eigenvalue weighted by atomic mass is 32.2. The van der Waals surface area contributed by atoms with Crippen molar-refractivity contribution in [3.05, 3.63) is 71.3 Å². The molecular formula is C24H26N2O4S. The lowest BCUT2D eigenvalue weighted by atomic mass is 10.0. The third-order valence-corrected chi connectivity index (χ3v) is 7.86. The van der Waals surface area contributed by atoms with Crippen LogP contribution in [-0.2, 0) is 10.0 Å². The molecule has 3 aromatic rings. The molecule has 6 nitrogen and oxygen atoms in total. The first-order valence-corrected chi connectivity index (χ1v) is 11.7. The van der Waals surface area contributed by atoms with Gasteiger partial charge in [0, 0.05) is 31.7 Å². The lowest BCUT2D eigenvalue weighted by molar-refractivity contribution is 0.0700. The average Bonchev–Trinajstić information content (AvgIpc) is 2.79. The Bertz CT molecular complexity index is 1240. The molecule has 0 saturated carbocycles. The van der Waals surface area contributed by atoms with Crippen LogP contribution >= 0.6 is 0 Å². The Morgan fingerprint density at radius 2 is 1.55 bits per heavy atom. The van der Waals surface area contributed by atoms with E-state index < -0.39 is 10.0 Å². The quantitative estimate of drug-likeness (QED) is 0.624. The number of rotatable bonds is 4. The number of benzene rings is 3. The van der Waals surface area contributed by atoms with E-state index in [2.05, 4.69) is 0 Å². The van der Waals surface area contributed by atoms with Crippen molar-refractivity contribution in [1.29, 1.82) is 0 Å². The van der Waals surface area contributed by atoms with Crippen LogP contribution in [0.15, 0.2) is 59.5 Å². The summed E-state index contributed by atoms with van der Waals surface area (Å²) in [6, 6.07) is 16.9. The monoisotopic (exact) mass is 438 g/mol. The maximum Gasteiger partial charge on any atom is 0.254 e. The standard InChI is InChI=1S/C24H26N2O4S/c1-17-15-22(30-3)23(16-18(17)2)31(28,29)26-13-11-25(12-14-26)24(27)21-10-6-8-19-7-4-5-9-20(19)21/h4-10,15-16H,11-14H2,1-3H3. The van der Waals surface area contributed by atoms with Crippen molar-refractivity contribution < 1.29 is 17.9 Å². The van der Waals surface area contributed by atoms with Gasteiger partial charge in [0.05, 0.1) is 7.11 Å². The van der Waals surface area contributed by atoms with Gasteiger partial charge in [0.15, 0.2) is 0 Å². The van der Waals surface area contributed by atoms with Crippen LogP contribution in [0.4, 0.5) is 0 Å². The Labute approximate surface area is 183 Å². The van der Waals surface area contributed by atoms with E-state index in [0.717, 1.165) is 21.9 Å². The van der Waals surface area contributed by atoms with Crippen LogP contribution in [0.1, 0.15) is 21.5 Å². The fraction of sp³-hybridized carbons (Fsp3) is 0.292. The van der Waals surface area contributed by atoms with Gasteiger partial charge in [-0.3, -0.25) is 4.79 Å². The molecule has 4 rings (SSSR count). The van der Waals surface area contributed by atoms with Crippen LogP contribution in [-0.4, -0.2) is 56.8 Å². The van der Waals surface area contributed by atoms with Crippen LogP contribution < -0.4 is 4.74 Å². The van der Waals surface area contributed by atoms with E-state index in [1.54, 1.807) is 17.0 Å². The molecule has 0 aliphatic carbocycles. The van der Waals surface area contributed by atoms with E-state index in [1.807, 2.05) is 56.3 Å². The molecule has 1 fully saturated rings. The molecular weight excluding hydrogens is 412 g/mol. The SMILES string of the molecule is COc1cc(C)c(C)cc1S(=O)(=O)N1CCN(C(=O)c2cccc3ccccc23)CC1. The first kappa shape index (κ1) is 21.3. The molecule has 0 radical (unpaired) electrons. The number of piperazine rings is 1. The van der Waals surface area contributed by atoms with Gasteiger partial charge in [0.2, 0.25) is 10.0 Å². The zero-order valence-electron chi connectivity index (χ0n) is 18.0. The number of hydrogen-bond donors (Lipinski definition) is 0. The van der Waals surface area contributed by atoms with Crippen molar-refractivity contribution in [2.24, 2.45) is 0 Å². The molecule has 0 aromatic heterocycles. The van der Waals surface area contributed by atoms with Crippen LogP contribution in [0.5, 0.6) is 5.75 Å². The first-order chi connectivity index (χ1) is 14.8. The number of sulfonamides is 1. The molecule has 1 amide bonds. The minimum atomic E-state index is -3.72. The van der Waals surface area contributed by atoms with E-state index >= 15 is 0 Å². The Balaban J connectivity index is 1.55. The second-order valence-corrected chi connectivity index (χ2v) is 9.72. The van der Waals surface area contributed by atoms with Crippen molar-refractivity contribution in [3.63, 3.8) is 0 Å². The summed E-state index contributed by atoms with van der Waals surface area (Å²) in [5, 5.41) is 1.92. The van der Waals surface area contributed by atoms with Crippen molar-refractivity contribution in [2.45, 2.75) is 18.7 Å². The number of nitrogens with zero attached hydrogens (tertiary/aromatic N) is 2. The number of carbonyl (C=O) groups excluding carboxylic acids is 1. The molecule has 0 bridgehead atoms. The van der Waals surface area contributed by atoms with E-state index in [-0.39, 0.29) is 23.9 Å². The normalized spacial score (nSPS) is 15.3. The molecule has 0 N–H and O–H groups in total. The number of ether oxygens (including phenoxy) is 1. The maximum atomic E-state index is 13.3. The first-order valence-electron chi connectivity index (χ1n) is 10.3. The molecule has 1 saturated heterocycles. The van der Waals surface area contributed by atoms with Gasteiger partial charge < -0.3 is 9.64 Å². The second-order valence-electron chi connectivity index (χ2n) is 7.81. The molecule has 0 unspecified atom stereocenters. The van der Waals surface area contributed by atoms with Crippen molar-refractivity contribution >= 4 is 26.7 Å². The van der Waals surface area contributed by atoms with Gasteiger partial charge in [-0.05, 0) is 53.9 Å². The number of amides is 1. The molecule has 7 heteroatoms. The van der Waals surface area contributed by atoms with Gasteiger partial charge in [-0.1, -0.05) is 36.4 Å². The minimum absolute atomic E-state index is 0.0717. The third-order valence-electron chi connectivity index (χ3n) is 5.94. The fourth-order valence-corrected chi connectivity index (χ4v) is 5.62. The van der Waals surface area contributed by atoms with Gasteiger partial charge in [-0.25, -0.2) is 8.42 Å². The van der Waals surface area contributed by atoms with Crippen LogP contribution in [0.3, 0.4) is 0 Å². The number of hydrogen-bond acceptors (Lipinski definition) is 4. The molecule has 0 atom stereocenters. The molecule has 162 valence electrons. The van der Waals surface area contributed by atoms with Crippen molar-refractivity contribution in [1.82, 2.24) is 9.21 Å². The highest BCUT2D eigenvalue weighted by Crippen LogP contribution is 2.30. The Hall–Kier alpha value is -2.90. The second kappa shape index (κ2) is 8.32. The van der Waals surface area contributed by atoms with Crippen molar-refractivity contribution in [3.8, 4) is 5.75 Å². The number of methoxy groups -OCH3 is 1. The average molecular weight is 439 g/mol. The fourth-order valence-electron chi connectivity index (χ4n) is 3.98. The summed E-state index contributed by atoms with van der Waals surface area (Å²) in [5.41, 5.74) is 2.51. The molecule has 0 spiro atoms. The zero-order valence-corrected chi connectivity index (χ0v) is 18.8. The predicted molar refractivity (Wildman–Crippen MR) is 121 cm³/mol. The summed E-state index contributed by atoms with van der Waals surface area (Å²) in [7, 11) is -2.25. The van der Waals surface area contributed by atoms with Gasteiger partial charge in [-0.2, -0.15) is 4.31 Å². The van der Waals surface area contributed by atoms with E-state index in [1.165, 1.54) is 11.4 Å². The summed E-state index contributed by atoms with van der Waals surface area (Å²) < 4.78 is 33.4. The van der Waals surface area contributed by atoms with E-state index in [9.17, 15) is 13.2 Å². The van der Waals surface area contributed by atoms with Crippen LogP contribution in [0, 0.1) is 13.8 Å². The molecule has 31 heavy (non-hydrogen) atoms. The highest BCUT2D eigenvalue weighted by molar-refractivity contribution is 7.89. The van der Waals surface area contributed by atoms with Crippen LogP contribution in [0.25, 0.3) is 10.8 Å². The summed E-state index contributed by atoms with van der Waals surface area (Å²) >= 11 is 0. The van der Waals surface area contributed by atoms with Gasteiger partial charge >= 0.3 is 0 Å². The van der Waals surface area contributed by atoms with Gasteiger partial charge in [0.1, 0.15) is 10.6 Å². The Morgan fingerprint density at radius 3 is 2.26 bits per heavy atom. The highest BCUT2D eigenvalue weighted by Gasteiger charge is 2.33. The summed E-state index contributed by atoms with van der Waals surface area (Å²) in [5.74, 6) is 0.273. The van der Waals surface area contributed by atoms with Gasteiger partial charge in [-0.15, -0.1) is 0 Å². The number of fused-ring (bicyclic) bond motifs is 1. The number of carbonyl (C=O) groups is 1. The number of aryl methyl sites for hydroxylation is 2. The smallest absolute Gasteiger partial charge is 0.254 e. The molecule has 1 aliphatic rings. The van der Waals surface area contributed by atoms with Crippen molar-refractivity contribution in [2.75, 3.05) is 33.3 Å². The third kappa shape index (κ3) is 3.91. The minimum Gasteiger partial charge on any atom is -0.495 e. The molecule has 1 heterocycles. The molecule has 3 aromatic carbocycles. The zero-order chi connectivity index (χ0) is 22.2. The summed E-state index contributed by atoms with van der Waals surface area (Å²) in [4.78, 5) is 15.1. The Morgan fingerprint density at radius 1 is 0.903 bits per heavy atom. The topological polar surface area (TPSA) is 66.9 Å². The largest absolute Gasteiger partial charge is 0.495 e. The predicted octanol–water partition coefficient (Wildman–Crippen LogP) is 3.61. The maximum absolute atomic E-state index is 13.3. The summed E-state index contributed by atoms with van der Waals surface area (Å²) in [6.07, 6.45) is 0. The Kier molecular flexibility index (Phi) is 5.73.